The van der Waals surface area contributed by atoms with Gasteiger partial charge in [-0.25, -0.2) is 4.98 Å². The number of rotatable bonds is 4. The smallest absolute Gasteiger partial charge is 0.147 e. The Morgan fingerprint density at radius 3 is 2.47 bits per heavy atom. The lowest BCUT2D eigenvalue weighted by molar-refractivity contribution is 0.258. The molecular weight excluding hydrogens is 214 g/mol. The Morgan fingerprint density at radius 2 is 1.94 bits per heavy atom. The van der Waals surface area contributed by atoms with Gasteiger partial charge in [0.15, 0.2) is 0 Å². The summed E-state index contributed by atoms with van der Waals surface area (Å²) in [5.41, 5.74) is 6.35. The molecule has 5 heteroatoms. The van der Waals surface area contributed by atoms with E-state index in [1.165, 1.54) is 13.0 Å². The summed E-state index contributed by atoms with van der Waals surface area (Å²) in [4.78, 5) is 13.5. The molecule has 0 amide bonds. The van der Waals surface area contributed by atoms with E-state index < -0.39 is 0 Å². The average Bonchev–Trinajstić information content (AvgIpc) is 2.40. The number of aromatic nitrogens is 2. The molecule has 0 unspecified atom stereocenters. The van der Waals surface area contributed by atoms with Crippen LogP contribution >= 0.6 is 0 Å². The normalized spacial score (nSPS) is 17.4. The molecule has 0 radical (unpaired) electrons. The van der Waals surface area contributed by atoms with Gasteiger partial charge in [0.1, 0.15) is 5.82 Å². The second-order valence-corrected chi connectivity index (χ2v) is 4.40. The van der Waals surface area contributed by atoms with Gasteiger partial charge in [-0.05, 0) is 13.0 Å². The van der Waals surface area contributed by atoms with Crippen LogP contribution in [0.3, 0.4) is 0 Å². The van der Waals surface area contributed by atoms with Gasteiger partial charge in [0.2, 0.25) is 0 Å². The summed E-state index contributed by atoms with van der Waals surface area (Å²) >= 11 is 0. The van der Waals surface area contributed by atoms with Crippen molar-refractivity contribution >= 4 is 5.82 Å². The average molecular weight is 235 g/mol. The Kier molecular flexibility index (Phi) is 4.28. The maximum atomic E-state index is 5.51. The number of piperazine rings is 1. The molecule has 0 atom stereocenters. The van der Waals surface area contributed by atoms with Crippen LogP contribution in [0.15, 0.2) is 12.4 Å². The lowest BCUT2D eigenvalue weighted by Gasteiger charge is -2.35. The highest BCUT2D eigenvalue weighted by molar-refractivity contribution is 5.36. The van der Waals surface area contributed by atoms with Crippen LogP contribution in [0.2, 0.25) is 0 Å². The van der Waals surface area contributed by atoms with Gasteiger partial charge in [-0.15, -0.1) is 0 Å². The third kappa shape index (κ3) is 3.14. The minimum absolute atomic E-state index is 0.456. The molecule has 0 aliphatic carbocycles. The van der Waals surface area contributed by atoms with Crippen LogP contribution in [0.1, 0.15) is 19.0 Å². The van der Waals surface area contributed by atoms with E-state index in [1.807, 2.05) is 6.20 Å². The highest BCUT2D eigenvalue weighted by Gasteiger charge is 2.17. The van der Waals surface area contributed by atoms with Crippen molar-refractivity contribution in [2.24, 2.45) is 5.73 Å². The van der Waals surface area contributed by atoms with Gasteiger partial charge in [-0.2, -0.15) is 0 Å². The summed E-state index contributed by atoms with van der Waals surface area (Å²) in [6.45, 7) is 8.20. The van der Waals surface area contributed by atoms with Crippen LogP contribution < -0.4 is 10.6 Å². The van der Waals surface area contributed by atoms with Crippen LogP contribution in [0.5, 0.6) is 0 Å². The predicted octanol–water partition coefficient (Wildman–Crippen LogP) is 0.467. The molecule has 94 valence electrons. The second-order valence-electron chi connectivity index (χ2n) is 4.40. The summed E-state index contributed by atoms with van der Waals surface area (Å²) in [5, 5.41) is 0. The lowest BCUT2D eigenvalue weighted by Crippen LogP contribution is -2.46. The van der Waals surface area contributed by atoms with E-state index in [1.54, 1.807) is 6.20 Å². The molecule has 1 fully saturated rings. The molecule has 0 bridgehead atoms. The van der Waals surface area contributed by atoms with Crippen molar-refractivity contribution in [3.8, 4) is 0 Å². The lowest BCUT2D eigenvalue weighted by atomic mass is 10.3. The molecule has 2 rings (SSSR count). The van der Waals surface area contributed by atoms with Gasteiger partial charge in [-0.3, -0.25) is 9.88 Å². The summed E-state index contributed by atoms with van der Waals surface area (Å²) in [6.07, 6.45) is 4.83. The van der Waals surface area contributed by atoms with Crippen molar-refractivity contribution in [1.82, 2.24) is 14.9 Å². The Hall–Kier alpha value is -1.20. The maximum Gasteiger partial charge on any atom is 0.147 e. The quantitative estimate of drug-likeness (QED) is 0.822. The molecular formula is C12H21N5. The van der Waals surface area contributed by atoms with E-state index in [2.05, 4.69) is 26.7 Å². The number of nitrogens with zero attached hydrogens (tertiary/aromatic N) is 4. The zero-order chi connectivity index (χ0) is 12.1. The van der Waals surface area contributed by atoms with E-state index >= 15 is 0 Å². The topological polar surface area (TPSA) is 58.3 Å². The van der Waals surface area contributed by atoms with Gasteiger partial charge in [-0.1, -0.05) is 6.92 Å². The Balaban J connectivity index is 1.91. The fourth-order valence-corrected chi connectivity index (χ4v) is 2.13. The van der Waals surface area contributed by atoms with Gasteiger partial charge in [0.25, 0.3) is 0 Å². The number of nitrogens with two attached hydrogens (primary N) is 1. The number of hydrogen-bond donors (Lipinski definition) is 1. The van der Waals surface area contributed by atoms with Gasteiger partial charge in [0, 0.05) is 32.7 Å². The SMILES string of the molecule is CCCN1CCN(c2cnc(CN)cn2)CC1. The van der Waals surface area contributed by atoms with Crippen LogP contribution in [0.4, 0.5) is 5.82 Å². The van der Waals surface area contributed by atoms with Crippen molar-refractivity contribution in [2.75, 3.05) is 37.6 Å². The van der Waals surface area contributed by atoms with Crippen molar-refractivity contribution in [3.63, 3.8) is 0 Å². The fourth-order valence-electron chi connectivity index (χ4n) is 2.13. The van der Waals surface area contributed by atoms with Crippen LogP contribution in [0, 0.1) is 0 Å². The van der Waals surface area contributed by atoms with Crippen LogP contribution in [0.25, 0.3) is 0 Å². The van der Waals surface area contributed by atoms with Crippen molar-refractivity contribution in [3.05, 3.63) is 18.1 Å². The molecule has 5 nitrogen and oxygen atoms in total. The molecule has 1 aromatic heterocycles. The Morgan fingerprint density at radius 1 is 1.18 bits per heavy atom. The maximum absolute atomic E-state index is 5.51. The largest absolute Gasteiger partial charge is 0.353 e. The first-order chi connectivity index (χ1) is 8.33. The molecule has 0 spiro atoms. The molecule has 1 aliphatic rings. The van der Waals surface area contributed by atoms with E-state index in [9.17, 15) is 0 Å². The highest BCUT2D eigenvalue weighted by Crippen LogP contribution is 2.12. The monoisotopic (exact) mass is 235 g/mol. The molecule has 0 aromatic carbocycles. The summed E-state index contributed by atoms with van der Waals surface area (Å²) < 4.78 is 0. The zero-order valence-corrected chi connectivity index (χ0v) is 10.5. The fraction of sp³-hybridized carbons (Fsp3) is 0.667. The standard InChI is InChI=1S/C12H21N5/c1-2-3-16-4-6-17(7-5-16)12-10-14-11(8-13)9-15-12/h9-10H,2-8,13H2,1H3. The Bertz CT molecular complexity index is 329. The van der Waals surface area contributed by atoms with E-state index in [0.29, 0.717) is 6.54 Å². The zero-order valence-electron chi connectivity index (χ0n) is 10.5. The first-order valence-electron chi connectivity index (χ1n) is 6.31. The van der Waals surface area contributed by atoms with Crippen LogP contribution in [-0.4, -0.2) is 47.6 Å². The van der Waals surface area contributed by atoms with Crippen LogP contribution in [-0.2, 0) is 6.54 Å². The molecule has 2 heterocycles. The van der Waals surface area contributed by atoms with Crippen molar-refractivity contribution < 1.29 is 0 Å². The molecule has 1 aliphatic heterocycles. The molecule has 17 heavy (non-hydrogen) atoms. The third-order valence-corrected chi connectivity index (χ3v) is 3.14. The third-order valence-electron chi connectivity index (χ3n) is 3.14. The molecule has 1 aromatic rings. The second kappa shape index (κ2) is 5.93. The summed E-state index contributed by atoms with van der Waals surface area (Å²) in [6, 6.07) is 0. The number of hydrogen-bond acceptors (Lipinski definition) is 5. The van der Waals surface area contributed by atoms with E-state index in [-0.39, 0.29) is 0 Å². The molecule has 1 saturated heterocycles. The minimum Gasteiger partial charge on any atom is -0.353 e. The highest BCUT2D eigenvalue weighted by atomic mass is 15.3. The van der Waals surface area contributed by atoms with Gasteiger partial charge >= 0.3 is 0 Å². The Labute approximate surface area is 103 Å². The minimum atomic E-state index is 0.456. The first kappa shape index (κ1) is 12.3. The summed E-state index contributed by atoms with van der Waals surface area (Å²) in [5.74, 6) is 0.971. The molecule has 0 saturated carbocycles. The van der Waals surface area contributed by atoms with Gasteiger partial charge < -0.3 is 10.6 Å². The first-order valence-corrected chi connectivity index (χ1v) is 6.31. The number of anilines is 1. The van der Waals surface area contributed by atoms with E-state index in [4.69, 9.17) is 5.73 Å². The van der Waals surface area contributed by atoms with Crippen molar-refractivity contribution in [2.45, 2.75) is 19.9 Å². The van der Waals surface area contributed by atoms with E-state index in [0.717, 1.165) is 37.7 Å². The molecule has 2 N–H and O–H groups in total. The van der Waals surface area contributed by atoms with Gasteiger partial charge in [0.05, 0.1) is 18.1 Å². The summed E-state index contributed by atoms with van der Waals surface area (Å²) in [7, 11) is 0. The van der Waals surface area contributed by atoms with Crippen molar-refractivity contribution in [1.29, 1.82) is 0 Å². The predicted molar refractivity (Wildman–Crippen MR) is 68.9 cm³/mol.